The zero-order chi connectivity index (χ0) is 18.1. The Bertz CT molecular complexity index is 771. The van der Waals surface area contributed by atoms with Crippen molar-refractivity contribution in [1.29, 1.82) is 0 Å². The second kappa shape index (κ2) is 7.21. The summed E-state index contributed by atoms with van der Waals surface area (Å²) in [4.78, 5) is 17.5. The van der Waals surface area contributed by atoms with E-state index in [1.165, 1.54) is 0 Å². The molecule has 1 aliphatic carbocycles. The standard InChI is InChI=1S/C20H26N4O2/c1-23(2)13-17-19(14-7-4-3-5-8-14)24(11-12-26-17)20(25)18-15-9-6-10-16(15)21-22-18/h3-5,7-8,17,19H,6,9-13H2,1-2H3,(H,21,22)/t17-,19-/m0/s1. The van der Waals surface area contributed by atoms with Crippen LogP contribution in [-0.2, 0) is 17.6 Å². The molecule has 0 saturated carbocycles. The van der Waals surface area contributed by atoms with Crippen molar-refractivity contribution in [1.82, 2.24) is 20.0 Å². The zero-order valence-electron chi connectivity index (χ0n) is 15.4. The summed E-state index contributed by atoms with van der Waals surface area (Å²) < 4.78 is 6.08. The third-order valence-corrected chi connectivity index (χ3v) is 5.31. The second-order valence-electron chi connectivity index (χ2n) is 7.41. The number of aromatic amines is 1. The van der Waals surface area contributed by atoms with Gasteiger partial charge in [0.05, 0.1) is 18.8 Å². The van der Waals surface area contributed by atoms with Gasteiger partial charge in [0.2, 0.25) is 0 Å². The van der Waals surface area contributed by atoms with E-state index in [2.05, 4.69) is 27.2 Å². The van der Waals surface area contributed by atoms with Crippen molar-refractivity contribution in [2.24, 2.45) is 0 Å². The molecule has 1 saturated heterocycles. The fourth-order valence-electron chi connectivity index (χ4n) is 4.15. The van der Waals surface area contributed by atoms with Crippen molar-refractivity contribution in [3.05, 3.63) is 52.8 Å². The Morgan fingerprint density at radius 1 is 1.31 bits per heavy atom. The van der Waals surface area contributed by atoms with Crippen molar-refractivity contribution < 1.29 is 9.53 Å². The van der Waals surface area contributed by atoms with Crippen LogP contribution < -0.4 is 0 Å². The van der Waals surface area contributed by atoms with Crippen LogP contribution in [0.4, 0.5) is 0 Å². The van der Waals surface area contributed by atoms with Gasteiger partial charge in [-0.2, -0.15) is 5.10 Å². The summed E-state index contributed by atoms with van der Waals surface area (Å²) in [6, 6.07) is 10.1. The Labute approximate surface area is 154 Å². The number of nitrogens with one attached hydrogen (secondary N) is 1. The van der Waals surface area contributed by atoms with Crippen LogP contribution in [0.2, 0.25) is 0 Å². The molecule has 0 unspecified atom stereocenters. The van der Waals surface area contributed by atoms with E-state index in [4.69, 9.17) is 4.74 Å². The molecule has 1 fully saturated rings. The molecule has 2 atom stereocenters. The maximum absolute atomic E-state index is 13.4. The van der Waals surface area contributed by atoms with Gasteiger partial charge in [0.1, 0.15) is 0 Å². The Morgan fingerprint density at radius 2 is 2.12 bits per heavy atom. The van der Waals surface area contributed by atoms with Gasteiger partial charge in [-0.1, -0.05) is 30.3 Å². The number of H-pyrrole nitrogens is 1. The van der Waals surface area contributed by atoms with E-state index in [1.54, 1.807) is 0 Å². The smallest absolute Gasteiger partial charge is 0.275 e. The minimum atomic E-state index is -0.103. The number of fused-ring (bicyclic) bond motifs is 1. The first kappa shape index (κ1) is 17.2. The SMILES string of the molecule is CN(C)C[C@@H]1OCCN(C(=O)c2n[nH]c3c2CCC3)[C@H]1c1ccccc1. The van der Waals surface area contributed by atoms with Crippen molar-refractivity contribution in [3.63, 3.8) is 0 Å². The van der Waals surface area contributed by atoms with Gasteiger partial charge in [0, 0.05) is 24.3 Å². The van der Waals surface area contributed by atoms with Crippen LogP contribution in [0.1, 0.15) is 39.8 Å². The van der Waals surface area contributed by atoms with Crippen LogP contribution in [0.25, 0.3) is 0 Å². The number of morpholine rings is 1. The molecule has 1 aliphatic heterocycles. The summed E-state index contributed by atoms with van der Waals surface area (Å²) in [6.45, 7) is 1.91. The number of ether oxygens (including phenoxy) is 1. The Hall–Kier alpha value is -2.18. The summed E-state index contributed by atoms with van der Waals surface area (Å²) in [7, 11) is 4.07. The minimum absolute atomic E-state index is 0.0188. The lowest BCUT2D eigenvalue weighted by Crippen LogP contribution is -2.51. The zero-order valence-corrected chi connectivity index (χ0v) is 15.4. The van der Waals surface area contributed by atoms with Gasteiger partial charge in [-0.3, -0.25) is 9.89 Å². The number of carbonyl (C=O) groups excluding carboxylic acids is 1. The number of rotatable bonds is 4. The lowest BCUT2D eigenvalue weighted by molar-refractivity contribution is -0.0686. The number of benzene rings is 1. The molecule has 0 spiro atoms. The highest BCUT2D eigenvalue weighted by Gasteiger charge is 2.38. The third kappa shape index (κ3) is 3.15. The fraction of sp³-hybridized carbons (Fsp3) is 0.500. The highest BCUT2D eigenvalue weighted by Crippen LogP contribution is 2.33. The van der Waals surface area contributed by atoms with Gasteiger partial charge in [-0.05, 0) is 38.9 Å². The first-order valence-corrected chi connectivity index (χ1v) is 9.33. The van der Waals surface area contributed by atoms with Crippen molar-refractivity contribution in [2.75, 3.05) is 33.8 Å². The third-order valence-electron chi connectivity index (χ3n) is 5.31. The molecule has 2 heterocycles. The molecule has 2 aliphatic rings. The largest absolute Gasteiger partial charge is 0.373 e. The average molecular weight is 354 g/mol. The summed E-state index contributed by atoms with van der Waals surface area (Å²) in [5.74, 6) is 0.0188. The van der Waals surface area contributed by atoms with E-state index < -0.39 is 0 Å². The van der Waals surface area contributed by atoms with E-state index >= 15 is 0 Å². The van der Waals surface area contributed by atoms with Crippen LogP contribution in [0.3, 0.4) is 0 Å². The van der Waals surface area contributed by atoms with Crippen molar-refractivity contribution in [2.45, 2.75) is 31.4 Å². The summed E-state index contributed by atoms with van der Waals surface area (Å²) >= 11 is 0. The molecular formula is C20H26N4O2. The molecule has 1 amide bonds. The van der Waals surface area contributed by atoms with Crippen LogP contribution in [0.15, 0.2) is 30.3 Å². The molecule has 6 heteroatoms. The quantitative estimate of drug-likeness (QED) is 0.913. The van der Waals surface area contributed by atoms with E-state index in [9.17, 15) is 4.79 Å². The number of aryl methyl sites for hydroxylation is 1. The molecule has 26 heavy (non-hydrogen) atoms. The highest BCUT2D eigenvalue weighted by atomic mass is 16.5. The first-order chi connectivity index (χ1) is 12.6. The predicted molar refractivity (Wildman–Crippen MR) is 99.1 cm³/mol. The number of aromatic nitrogens is 2. The van der Waals surface area contributed by atoms with Gasteiger partial charge in [0.25, 0.3) is 5.91 Å². The predicted octanol–water partition coefficient (Wildman–Crippen LogP) is 2.04. The summed E-state index contributed by atoms with van der Waals surface area (Å²) in [5.41, 5.74) is 3.95. The topological polar surface area (TPSA) is 61.5 Å². The molecular weight excluding hydrogens is 328 g/mol. The van der Waals surface area contributed by atoms with Crippen LogP contribution in [0.5, 0.6) is 0 Å². The van der Waals surface area contributed by atoms with Gasteiger partial charge in [0.15, 0.2) is 5.69 Å². The molecule has 0 bridgehead atoms. The van der Waals surface area contributed by atoms with E-state index in [0.29, 0.717) is 18.8 Å². The first-order valence-electron chi connectivity index (χ1n) is 9.33. The molecule has 1 N–H and O–H groups in total. The maximum atomic E-state index is 13.4. The van der Waals surface area contributed by atoms with Crippen LogP contribution in [-0.4, -0.2) is 65.8 Å². The summed E-state index contributed by atoms with van der Waals surface area (Å²) in [6.07, 6.45) is 2.97. The van der Waals surface area contributed by atoms with Gasteiger partial charge < -0.3 is 14.5 Å². The second-order valence-corrected chi connectivity index (χ2v) is 7.41. The maximum Gasteiger partial charge on any atom is 0.275 e. The number of likely N-dealkylation sites (N-methyl/N-ethyl adjacent to an activating group) is 1. The molecule has 1 aromatic heterocycles. The van der Waals surface area contributed by atoms with Gasteiger partial charge in [-0.15, -0.1) is 0 Å². The Morgan fingerprint density at radius 3 is 2.88 bits per heavy atom. The molecule has 4 rings (SSSR count). The summed E-state index contributed by atoms with van der Waals surface area (Å²) in [5, 5.41) is 7.43. The molecule has 138 valence electrons. The highest BCUT2D eigenvalue weighted by molar-refractivity contribution is 5.94. The van der Waals surface area contributed by atoms with E-state index in [1.807, 2.05) is 37.2 Å². The number of amides is 1. The van der Waals surface area contributed by atoms with Crippen molar-refractivity contribution in [3.8, 4) is 0 Å². The Balaban J connectivity index is 1.68. The number of hydrogen-bond donors (Lipinski definition) is 1. The number of hydrogen-bond acceptors (Lipinski definition) is 4. The Kier molecular flexibility index (Phi) is 4.78. The van der Waals surface area contributed by atoms with Crippen LogP contribution >= 0.6 is 0 Å². The normalized spacial score (nSPS) is 22.7. The van der Waals surface area contributed by atoms with Crippen molar-refractivity contribution >= 4 is 5.91 Å². The van der Waals surface area contributed by atoms with E-state index in [0.717, 1.165) is 42.6 Å². The molecule has 0 radical (unpaired) electrons. The molecule has 6 nitrogen and oxygen atoms in total. The van der Waals surface area contributed by atoms with Gasteiger partial charge in [-0.25, -0.2) is 0 Å². The lowest BCUT2D eigenvalue weighted by atomic mass is 9.96. The van der Waals surface area contributed by atoms with E-state index in [-0.39, 0.29) is 18.1 Å². The minimum Gasteiger partial charge on any atom is -0.373 e. The molecule has 2 aromatic rings. The van der Waals surface area contributed by atoms with Crippen LogP contribution in [0, 0.1) is 0 Å². The van der Waals surface area contributed by atoms with Gasteiger partial charge >= 0.3 is 0 Å². The lowest BCUT2D eigenvalue weighted by Gasteiger charge is -2.42. The monoisotopic (exact) mass is 354 g/mol. The number of carbonyl (C=O) groups is 1. The number of nitrogens with zero attached hydrogens (tertiary/aromatic N) is 3. The fourth-order valence-corrected chi connectivity index (χ4v) is 4.15. The average Bonchev–Trinajstić information content (AvgIpc) is 3.25. The molecule has 1 aromatic carbocycles.